The van der Waals surface area contributed by atoms with Gasteiger partial charge < -0.3 is 9.47 Å². The highest BCUT2D eigenvalue weighted by molar-refractivity contribution is 5.94. The number of aryl methyl sites for hydroxylation is 1. The quantitative estimate of drug-likeness (QED) is 0.661. The van der Waals surface area contributed by atoms with Crippen molar-refractivity contribution in [3.63, 3.8) is 0 Å². The average molecular weight is 336 g/mol. The van der Waals surface area contributed by atoms with E-state index in [4.69, 9.17) is 9.47 Å². The van der Waals surface area contributed by atoms with E-state index in [1.807, 2.05) is 12.1 Å². The van der Waals surface area contributed by atoms with Crippen LogP contribution in [0.2, 0.25) is 0 Å². The normalized spacial score (nSPS) is 19.0. The summed E-state index contributed by atoms with van der Waals surface area (Å²) >= 11 is 0. The van der Waals surface area contributed by atoms with Crippen LogP contribution in [0.4, 0.5) is 5.69 Å². The van der Waals surface area contributed by atoms with Crippen molar-refractivity contribution in [3.05, 3.63) is 53.6 Å². The van der Waals surface area contributed by atoms with Crippen LogP contribution in [0.25, 0.3) is 0 Å². The Morgan fingerprint density at radius 1 is 0.920 bits per heavy atom. The third-order valence-electron chi connectivity index (χ3n) is 5.64. The van der Waals surface area contributed by atoms with Crippen LogP contribution in [-0.4, -0.2) is 30.0 Å². The van der Waals surface area contributed by atoms with Crippen LogP contribution in [0.3, 0.4) is 0 Å². The maximum Gasteiger partial charge on any atom is 0.252 e. The minimum absolute atomic E-state index is 0.152. The lowest BCUT2D eigenvalue weighted by atomic mass is 9.82. The summed E-state index contributed by atoms with van der Waals surface area (Å²) < 4.78 is 13.5. The fraction of sp³-hybridized carbons (Fsp3) is 0.409. The zero-order valence-electron chi connectivity index (χ0n) is 15.3. The summed E-state index contributed by atoms with van der Waals surface area (Å²) in [7, 11) is 0. The molecule has 0 unspecified atom stereocenters. The minimum atomic E-state index is 0.152. The Morgan fingerprint density at radius 2 is 1.68 bits per heavy atom. The minimum Gasteiger partial charge on any atom is -0.493 e. The van der Waals surface area contributed by atoms with E-state index >= 15 is 0 Å². The van der Waals surface area contributed by atoms with Gasteiger partial charge in [-0.05, 0) is 44.4 Å². The van der Waals surface area contributed by atoms with Crippen LogP contribution in [0, 0.1) is 0 Å². The van der Waals surface area contributed by atoms with Crippen molar-refractivity contribution in [1.29, 1.82) is 0 Å². The fourth-order valence-electron chi connectivity index (χ4n) is 3.94. The van der Waals surface area contributed by atoms with Gasteiger partial charge in [0.1, 0.15) is 12.4 Å². The molecule has 3 aliphatic heterocycles. The zero-order valence-corrected chi connectivity index (χ0v) is 15.3. The molecule has 0 atom stereocenters. The van der Waals surface area contributed by atoms with E-state index in [9.17, 15) is 0 Å². The number of fused-ring (bicyclic) bond motifs is 1. The smallest absolute Gasteiger partial charge is 0.252 e. The molecule has 5 rings (SSSR count). The Balaban J connectivity index is 0.000000136. The molecule has 0 aliphatic carbocycles. The van der Waals surface area contributed by atoms with E-state index in [1.54, 1.807) is 0 Å². The molecule has 0 saturated heterocycles. The largest absolute Gasteiger partial charge is 0.493 e. The highest BCUT2D eigenvalue weighted by atomic mass is 16.5. The molecule has 0 N–H and O–H groups in total. The van der Waals surface area contributed by atoms with Gasteiger partial charge in [-0.2, -0.15) is 4.58 Å². The van der Waals surface area contributed by atoms with Gasteiger partial charge in [-0.15, -0.1) is 0 Å². The van der Waals surface area contributed by atoms with Crippen LogP contribution >= 0.6 is 0 Å². The molecule has 3 nitrogen and oxygen atoms in total. The SMILES string of the molecule is CC1=[N+]2CCOc3cccc(c32)C1(C)C.c1ccc2c(c1)CCCO2. The first-order valence-electron chi connectivity index (χ1n) is 9.17. The predicted octanol–water partition coefficient (Wildman–Crippen LogP) is 4.49. The van der Waals surface area contributed by atoms with Crippen LogP contribution in [0.15, 0.2) is 42.5 Å². The highest BCUT2D eigenvalue weighted by Crippen LogP contribution is 2.45. The number of hydrogen-bond donors (Lipinski definition) is 0. The maximum atomic E-state index is 5.70. The lowest BCUT2D eigenvalue weighted by molar-refractivity contribution is -0.449. The van der Waals surface area contributed by atoms with E-state index in [0.29, 0.717) is 0 Å². The predicted molar refractivity (Wildman–Crippen MR) is 101 cm³/mol. The Kier molecular flexibility index (Phi) is 4.03. The second-order valence-electron chi connectivity index (χ2n) is 7.42. The van der Waals surface area contributed by atoms with E-state index in [0.717, 1.165) is 37.7 Å². The van der Waals surface area contributed by atoms with Crippen molar-refractivity contribution < 1.29 is 14.0 Å². The number of benzene rings is 2. The molecule has 0 aromatic heterocycles. The zero-order chi connectivity index (χ0) is 17.4. The van der Waals surface area contributed by atoms with Crippen molar-refractivity contribution in [1.82, 2.24) is 0 Å². The first-order valence-corrected chi connectivity index (χ1v) is 9.17. The number of para-hydroxylation sites is 2. The molecule has 130 valence electrons. The van der Waals surface area contributed by atoms with E-state index in [2.05, 4.69) is 55.7 Å². The first kappa shape index (κ1) is 16.2. The summed E-state index contributed by atoms with van der Waals surface area (Å²) in [6.45, 7) is 9.47. The topological polar surface area (TPSA) is 21.5 Å². The fourth-order valence-corrected chi connectivity index (χ4v) is 3.94. The molecule has 0 fully saturated rings. The molecule has 2 aromatic rings. The van der Waals surface area contributed by atoms with Gasteiger partial charge in [0, 0.05) is 12.5 Å². The number of ether oxygens (including phenoxy) is 2. The third kappa shape index (κ3) is 2.72. The summed E-state index contributed by atoms with van der Waals surface area (Å²) in [5.74, 6) is 2.12. The van der Waals surface area contributed by atoms with Gasteiger partial charge in [0.05, 0.1) is 12.0 Å². The summed E-state index contributed by atoms with van der Waals surface area (Å²) in [4.78, 5) is 0. The van der Waals surface area contributed by atoms with Crippen molar-refractivity contribution in [2.75, 3.05) is 19.8 Å². The van der Waals surface area contributed by atoms with Crippen molar-refractivity contribution >= 4 is 11.4 Å². The molecule has 0 amide bonds. The number of hydrogen-bond acceptors (Lipinski definition) is 2. The Morgan fingerprint density at radius 3 is 2.52 bits per heavy atom. The molecule has 3 aliphatic rings. The molecule has 3 heterocycles. The number of nitrogens with zero attached hydrogens (tertiary/aromatic N) is 1. The van der Waals surface area contributed by atoms with E-state index in [1.165, 1.54) is 28.9 Å². The molecule has 25 heavy (non-hydrogen) atoms. The summed E-state index contributed by atoms with van der Waals surface area (Å²) in [6.07, 6.45) is 2.34. The lowest BCUT2D eigenvalue weighted by Crippen LogP contribution is -2.28. The summed E-state index contributed by atoms with van der Waals surface area (Å²) in [5.41, 5.74) is 5.64. The van der Waals surface area contributed by atoms with E-state index < -0.39 is 0 Å². The second kappa shape index (κ2) is 6.21. The Hall–Kier alpha value is -2.29. The van der Waals surface area contributed by atoms with Gasteiger partial charge in [0.2, 0.25) is 0 Å². The Bertz CT molecular complexity index is 811. The van der Waals surface area contributed by atoms with Gasteiger partial charge in [0.15, 0.2) is 18.0 Å². The van der Waals surface area contributed by atoms with Gasteiger partial charge in [0.25, 0.3) is 5.69 Å². The summed E-state index contributed by atoms with van der Waals surface area (Å²) in [6, 6.07) is 14.6. The molecule has 0 spiro atoms. The van der Waals surface area contributed by atoms with Gasteiger partial charge in [-0.1, -0.05) is 30.3 Å². The van der Waals surface area contributed by atoms with Crippen molar-refractivity contribution in [2.45, 2.75) is 39.0 Å². The third-order valence-corrected chi connectivity index (χ3v) is 5.64. The second-order valence-corrected chi connectivity index (χ2v) is 7.42. The molecule has 0 saturated carbocycles. The van der Waals surface area contributed by atoms with Crippen LogP contribution < -0.4 is 9.47 Å². The molecule has 0 radical (unpaired) electrons. The lowest BCUT2D eigenvalue weighted by Gasteiger charge is -2.15. The highest BCUT2D eigenvalue weighted by Gasteiger charge is 2.46. The van der Waals surface area contributed by atoms with Crippen LogP contribution in [0.5, 0.6) is 11.5 Å². The molecule has 0 bridgehead atoms. The molecule has 2 aromatic carbocycles. The average Bonchev–Trinajstić information content (AvgIpc) is 2.86. The molecular formula is C22H26NO2+. The van der Waals surface area contributed by atoms with Gasteiger partial charge in [-0.25, -0.2) is 0 Å². The molecule has 3 heteroatoms. The monoisotopic (exact) mass is 336 g/mol. The number of rotatable bonds is 0. The molecular weight excluding hydrogens is 310 g/mol. The van der Waals surface area contributed by atoms with E-state index in [-0.39, 0.29) is 5.41 Å². The van der Waals surface area contributed by atoms with Gasteiger partial charge >= 0.3 is 0 Å². The van der Waals surface area contributed by atoms with Crippen molar-refractivity contribution in [3.8, 4) is 11.5 Å². The van der Waals surface area contributed by atoms with Gasteiger partial charge in [-0.3, -0.25) is 0 Å². The maximum absolute atomic E-state index is 5.70. The van der Waals surface area contributed by atoms with Crippen LogP contribution in [-0.2, 0) is 11.8 Å². The Labute approximate surface area is 149 Å². The summed E-state index contributed by atoms with van der Waals surface area (Å²) in [5, 5.41) is 0. The van der Waals surface area contributed by atoms with Crippen LogP contribution in [0.1, 0.15) is 38.3 Å². The first-order chi connectivity index (χ1) is 12.1. The standard InChI is InChI=1S/C13H16NO.C9H10O/c1-9-13(2,3)10-5-4-6-11-12(10)14(9)7-8-15-11;1-2-6-9-8(4-1)5-3-7-10-9/h4-6H,7-8H2,1-3H3;1-2,4,6H,3,5,7H2/q+1;. The van der Waals surface area contributed by atoms with Crippen molar-refractivity contribution in [2.24, 2.45) is 0 Å².